The number of methoxy groups -OCH3 is 1. The van der Waals surface area contributed by atoms with Gasteiger partial charge in [0.25, 0.3) is 0 Å². The average Bonchev–Trinajstić information content (AvgIpc) is 3.15. The van der Waals surface area contributed by atoms with Gasteiger partial charge in [0.05, 0.1) is 7.11 Å². The lowest BCUT2D eigenvalue weighted by molar-refractivity contribution is -0.144. The molecule has 0 saturated heterocycles. The highest BCUT2D eigenvalue weighted by molar-refractivity contribution is 5.72. The second-order valence-electron chi connectivity index (χ2n) is 6.75. The van der Waals surface area contributed by atoms with Gasteiger partial charge in [0.2, 0.25) is 0 Å². The minimum absolute atomic E-state index is 0.543. The smallest absolute Gasteiger partial charge is 0.344 e. The molecule has 5 nitrogen and oxygen atoms in total. The zero-order chi connectivity index (χ0) is 20.6. The summed E-state index contributed by atoms with van der Waals surface area (Å²) in [5.74, 6) is 0.420. The van der Waals surface area contributed by atoms with Crippen LogP contribution >= 0.6 is 0 Å². The van der Waals surface area contributed by atoms with Gasteiger partial charge >= 0.3 is 5.97 Å². The number of hydrogen-bond acceptors (Lipinski definition) is 3. The molecule has 0 amide bonds. The lowest BCUT2D eigenvalue weighted by Crippen LogP contribution is -2.22. The van der Waals surface area contributed by atoms with Gasteiger partial charge in [0.15, 0.2) is 6.10 Å². The van der Waals surface area contributed by atoms with Crippen molar-refractivity contribution < 1.29 is 19.4 Å². The molecule has 0 radical (unpaired) electrons. The summed E-state index contributed by atoms with van der Waals surface area (Å²) in [4.78, 5) is 10.9. The fourth-order valence-electron chi connectivity index (χ4n) is 3.03. The van der Waals surface area contributed by atoms with Crippen LogP contribution < -0.4 is 9.47 Å². The lowest BCUT2D eigenvalue weighted by Gasteiger charge is -2.10. The van der Waals surface area contributed by atoms with Crippen LogP contribution in [0.4, 0.5) is 0 Å². The fourth-order valence-corrected chi connectivity index (χ4v) is 3.03. The van der Waals surface area contributed by atoms with Crippen molar-refractivity contribution in [3.05, 3.63) is 89.8 Å². The topological polar surface area (TPSA) is 60.7 Å². The van der Waals surface area contributed by atoms with Gasteiger partial charge in [-0.3, -0.25) is 0 Å². The molecule has 1 N–H and O–H groups in total. The predicted molar refractivity (Wildman–Crippen MR) is 113 cm³/mol. The predicted octanol–water partition coefficient (Wildman–Crippen LogP) is 4.65. The van der Waals surface area contributed by atoms with E-state index in [-0.39, 0.29) is 0 Å². The Morgan fingerprint density at radius 2 is 1.90 bits per heavy atom. The molecule has 150 valence electrons. The molecule has 0 aliphatic heterocycles. The van der Waals surface area contributed by atoms with Crippen molar-refractivity contribution in [2.45, 2.75) is 26.0 Å². The van der Waals surface area contributed by atoms with E-state index in [2.05, 4.69) is 35.0 Å². The summed E-state index contributed by atoms with van der Waals surface area (Å²) < 4.78 is 12.9. The molecule has 29 heavy (non-hydrogen) atoms. The normalized spacial score (nSPS) is 12.1. The second kappa shape index (κ2) is 9.64. The average molecular weight is 391 g/mol. The van der Waals surface area contributed by atoms with Gasteiger partial charge < -0.3 is 19.1 Å². The molecule has 1 aromatic heterocycles. The van der Waals surface area contributed by atoms with E-state index < -0.39 is 12.1 Å². The maximum absolute atomic E-state index is 10.9. The summed E-state index contributed by atoms with van der Waals surface area (Å²) in [5, 5.41) is 8.97. The minimum Gasteiger partial charge on any atom is -0.497 e. The molecule has 5 heteroatoms. The zero-order valence-corrected chi connectivity index (χ0v) is 16.6. The standard InChI is InChI=1S/C24H25NO4/c1-18(24(26)27)29-23-12-3-7-19(16-23)9-5-13-25-14-6-10-21(25)15-20-8-4-11-22(17-20)28-2/h3-12,14,16-18H,13,15H2,1-2H3,(H,26,27)/b9-5+. The molecule has 0 spiro atoms. The van der Waals surface area contributed by atoms with Crippen molar-refractivity contribution in [1.82, 2.24) is 4.57 Å². The van der Waals surface area contributed by atoms with Crippen molar-refractivity contribution >= 4 is 12.0 Å². The second-order valence-corrected chi connectivity index (χ2v) is 6.75. The monoisotopic (exact) mass is 391 g/mol. The van der Waals surface area contributed by atoms with Crippen LogP contribution in [0.1, 0.15) is 23.7 Å². The van der Waals surface area contributed by atoms with E-state index in [1.165, 1.54) is 18.2 Å². The molecular weight excluding hydrogens is 366 g/mol. The van der Waals surface area contributed by atoms with Crippen molar-refractivity contribution in [2.75, 3.05) is 7.11 Å². The number of nitrogens with zero attached hydrogens (tertiary/aromatic N) is 1. The van der Waals surface area contributed by atoms with Gasteiger partial charge in [-0.15, -0.1) is 0 Å². The van der Waals surface area contributed by atoms with E-state index >= 15 is 0 Å². The van der Waals surface area contributed by atoms with Crippen LogP contribution in [0.3, 0.4) is 0 Å². The van der Waals surface area contributed by atoms with Crippen molar-refractivity contribution in [1.29, 1.82) is 0 Å². The summed E-state index contributed by atoms with van der Waals surface area (Å²) in [6.45, 7) is 2.25. The van der Waals surface area contributed by atoms with Gasteiger partial charge in [-0.2, -0.15) is 0 Å². The summed E-state index contributed by atoms with van der Waals surface area (Å²) in [7, 11) is 1.68. The van der Waals surface area contributed by atoms with Gasteiger partial charge in [-0.25, -0.2) is 4.79 Å². The number of carboxylic acids is 1. The SMILES string of the molecule is COc1cccc(Cc2cccn2C/C=C/c2cccc(OC(C)C(=O)O)c2)c1. The molecule has 0 saturated carbocycles. The van der Waals surface area contributed by atoms with Crippen molar-refractivity contribution in [3.63, 3.8) is 0 Å². The first kappa shape index (κ1) is 20.3. The maximum atomic E-state index is 10.9. The van der Waals surface area contributed by atoms with E-state index in [1.54, 1.807) is 13.2 Å². The van der Waals surface area contributed by atoms with E-state index in [4.69, 9.17) is 14.6 Å². The van der Waals surface area contributed by atoms with E-state index in [9.17, 15) is 4.79 Å². The Balaban J connectivity index is 1.64. The molecule has 1 unspecified atom stereocenters. The Hall–Kier alpha value is -3.47. The summed E-state index contributed by atoms with van der Waals surface area (Å²) >= 11 is 0. The van der Waals surface area contributed by atoms with Gasteiger partial charge in [-0.05, 0) is 54.4 Å². The minimum atomic E-state index is -0.984. The van der Waals surface area contributed by atoms with Crippen LogP contribution in [0.15, 0.2) is 72.9 Å². The van der Waals surface area contributed by atoms with Crippen LogP contribution in [0.25, 0.3) is 6.08 Å². The van der Waals surface area contributed by atoms with Crippen LogP contribution in [-0.4, -0.2) is 28.9 Å². The number of allylic oxidation sites excluding steroid dienone is 1. The molecule has 0 bridgehead atoms. The largest absolute Gasteiger partial charge is 0.497 e. The first-order chi connectivity index (χ1) is 14.0. The van der Waals surface area contributed by atoms with E-state index in [0.717, 1.165) is 24.3 Å². The van der Waals surface area contributed by atoms with Gasteiger partial charge in [0, 0.05) is 24.9 Å². The number of carbonyl (C=O) groups is 1. The third kappa shape index (κ3) is 5.75. The van der Waals surface area contributed by atoms with E-state index in [0.29, 0.717) is 5.75 Å². The quantitative estimate of drug-likeness (QED) is 0.577. The molecular formula is C24H25NO4. The highest BCUT2D eigenvalue weighted by atomic mass is 16.5. The molecule has 1 atom stereocenters. The molecule has 2 aromatic carbocycles. The number of ether oxygens (including phenoxy) is 2. The highest BCUT2D eigenvalue weighted by Crippen LogP contribution is 2.18. The van der Waals surface area contributed by atoms with E-state index in [1.807, 2.05) is 42.5 Å². The molecule has 0 aliphatic rings. The Bertz CT molecular complexity index is 990. The molecule has 3 aromatic rings. The summed E-state index contributed by atoms with van der Waals surface area (Å²) in [6.07, 6.45) is 6.10. The Morgan fingerprint density at radius 3 is 2.69 bits per heavy atom. The number of carboxylic acid groups (broad SMARTS) is 1. The summed E-state index contributed by atoms with van der Waals surface area (Å²) in [5.41, 5.74) is 3.38. The fraction of sp³-hybridized carbons (Fsp3) is 0.208. The number of aromatic nitrogens is 1. The third-order valence-corrected chi connectivity index (χ3v) is 4.57. The van der Waals surface area contributed by atoms with Gasteiger partial charge in [-0.1, -0.05) is 36.4 Å². The van der Waals surface area contributed by atoms with Gasteiger partial charge in [0.1, 0.15) is 11.5 Å². The third-order valence-electron chi connectivity index (χ3n) is 4.57. The highest BCUT2D eigenvalue weighted by Gasteiger charge is 2.12. The maximum Gasteiger partial charge on any atom is 0.344 e. The summed E-state index contributed by atoms with van der Waals surface area (Å²) in [6, 6.07) is 19.7. The Labute approximate surface area is 170 Å². The number of benzene rings is 2. The van der Waals surface area contributed by atoms with Crippen molar-refractivity contribution in [3.8, 4) is 11.5 Å². The Kier molecular flexibility index (Phi) is 6.74. The van der Waals surface area contributed by atoms with Crippen LogP contribution in [-0.2, 0) is 17.8 Å². The molecule has 0 aliphatic carbocycles. The van der Waals surface area contributed by atoms with Crippen LogP contribution in [0.5, 0.6) is 11.5 Å². The van der Waals surface area contributed by atoms with Crippen molar-refractivity contribution in [2.24, 2.45) is 0 Å². The number of aliphatic carboxylic acids is 1. The molecule has 3 rings (SSSR count). The molecule has 1 heterocycles. The van der Waals surface area contributed by atoms with Crippen LogP contribution in [0.2, 0.25) is 0 Å². The molecule has 0 fully saturated rings. The first-order valence-corrected chi connectivity index (χ1v) is 9.48. The number of hydrogen-bond donors (Lipinski definition) is 1. The lowest BCUT2D eigenvalue weighted by atomic mass is 10.1. The first-order valence-electron chi connectivity index (χ1n) is 9.48. The van der Waals surface area contributed by atoms with Crippen LogP contribution in [0, 0.1) is 0 Å². The zero-order valence-electron chi connectivity index (χ0n) is 16.6. The Morgan fingerprint density at radius 1 is 1.10 bits per heavy atom. The number of rotatable bonds is 9.